The SMILES string of the molecule is COCCN(c1nc(F)c(F)cc1F)C(C)C. The number of anilines is 1. The number of aromatic nitrogens is 1. The minimum atomic E-state index is -1.30. The Hall–Kier alpha value is -1.30. The summed E-state index contributed by atoms with van der Waals surface area (Å²) in [5.74, 6) is -3.67. The first-order valence-electron chi connectivity index (χ1n) is 5.24. The molecule has 0 saturated heterocycles. The van der Waals surface area contributed by atoms with Crippen molar-refractivity contribution in [2.45, 2.75) is 19.9 Å². The third-order valence-corrected chi connectivity index (χ3v) is 2.30. The van der Waals surface area contributed by atoms with Crippen LogP contribution in [0.3, 0.4) is 0 Å². The molecule has 0 unspecified atom stereocenters. The molecule has 96 valence electrons. The first-order valence-corrected chi connectivity index (χ1v) is 5.24. The molecule has 1 aromatic heterocycles. The molecule has 1 heterocycles. The maximum atomic E-state index is 13.5. The van der Waals surface area contributed by atoms with Gasteiger partial charge in [-0.05, 0) is 13.8 Å². The number of hydrogen-bond donors (Lipinski definition) is 0. The Morgan fingerprint density at radius 2 is 1.94 bits per heavy atom. The van der Waals surface area contributed by atoms with E-state index in [9.17, 15) is 13.2 Å². The second kappa shape index (κ2) is 5.86. The molecule has 6 heteroatoms. The van der Waals surface area contributed by atoms with Crippen molar-refractivity contribution in [1.29, 1.82) is 0 Å². The Labute approximate surface area is 98.2 Å². The third kappa shape index (κ3) is 3.33. The fourth-order valence-corrected chi connectivity index (χ4v) is 1.43. The topological polar surface area (TPSA) is 25.4 Å². The molecule has 1 aromatic rings. The quantitative estimate of drug-likeness (QED) is 0.748. The molecule has 0 fully saturated rings. The first kappa shape index (κ1) is 13.8. The van der Waals surface area contributed by atoms with Gasteiger partial charge in [-0.15, -0.1) is 0 Å². The Morgan fingerprint density at radius 3 is 2.47 bits per heavy atom. The summed E-state index contributed by atoms with van der Waals surface area (Å²) in [5, 5.41) is 0. The van der Waals surface area contributed by atoms with Gasteiger partial charge in [0.15, 0.2) is 17.5 Å². The fraction of sp³-hybridized carbons (Fsp3) is 0.545. The van der Waals surface area contributed by atoms with Crippen molar-refractivity contribution in [3.63, 3.8) is 0 Å². The van der Waals surface area contributed by atoms with Crippen molar-refractivity contribution >= 4 is 5.82 Å². The van der Waals surface area contributed by atoms with Gasteiger partial charge in [0.1, 0.15) is 0 Å². The molecule has 0 radical (unpaired) electrons. The van der Waals surface area contributed by atoms with E-state index in [1.54, 1.807) is 13.8 Å². The van der Waals surface area contributed by atoms with Crippen LogP contribution < -0.4 is 4.90 Å². The molecule has 0 aliphatic heterocycles. The molecule has 0 bridgehead atoms. The second-order valence-electron chi connectivity index (χ2n) is 3.85. The number of halogens is 3. The molecule has 0 N–H and O–H groups in total. The van der Waals surface area contributed by atoms with Crippen LogP contribution in [0.2, 0.25) is 0 Å². The summed E-state index contributed by atoms with van der Waals surface area (Å²) in [7, 11) is 1.51. The minimum Gasteiger partial charge on any atom is -0.383 e. The van der Waals surface area contributed by atoms with Gasteiger partial charge in [0, 0.05) is 25.8 Å². The molecule has 3 nitrogen and oxygen atoms in total. The highest BCUT2D eigenvalue weighted by Gasteiger charge is 2.19. The summed E-state index contributed by atoms with van der Waals surface area (Å²) in [5.41, 5.74) is 0. The molecule has 0 aromatic carbocycles. The highest BCUT2D eigenvalue weighted by molar-refractivity contribution is 5.41. The number of ether oxygens (including phenoxy) is 1. The zero-order valence-electron chi connectivity index (χ0n) is 10.0. The van der Waals surface area contributed by atoms with Crippen LogP contribution >= 0.6 is 0 Å². The van der Waals surface area contributed by atoms with Gasteiger partial charge < -0.3 is 9.64 Å². The molecule has 17 heavy (non-hydrogen) atoms. The van der Waals surface area contributed by atoms with Gasteiger partial charge in [0.2, 0.25) is 0 Å². The Kier molecular flexibility index (Phi) is 4.74. The average Bonchev–Trinajstić information content (AvgIpc) is 2.25. The van der Waals surface area contributed by atoms with E-state index in [4.69, 9.17) is 4.74 Å². The highest BCUT2D eigenvalue weighted by atomic mass is 19.2. The Morgan fingerprint density at radius 1 is 1.29 bits per heavy atom. The monoisotopic (exact) mass is 248 g/mol. The van der Waals surface area contributed by atoms with Crippen molar-refractivity contribution in [2.75, 3.05) is 25.2 Å². The van der Waals surface area contributed by atoms with E-state index in [0.717, 1.165) is 0 Å². The Balaban J connectivity index is 3.05. The summed E-state index contributed by atoms with van der Waals surface area (Å²) in [6.07, 6.45) is 0. The molecule has 0 amide bonds. The van der Waals surface area contributed by atoms with E-state index in [1.807, 2.05) is 0 Å². The number of rotatable bonds is 5. The van der Waals surface area contributed by atoms with Gasteiger partial charge in [-0.2, -0.15) is 9.37 Å². The van der Waals surface area contributed by atoms with E-state index in [1.165, 1.54) is 12.0 Å². The molecular formula is C11H15F3N2O. The first-order chi connectivity index (χ1) is 7.97. The third-order valence-electron chi connectivity index (χ3n) is 2.30. The summed E-state index contributed by atoms with van der Waals surface area (Å²) < 4.78 is 44.1. The van der Waals surface area contributed by atoms with Gasteiger partial charge >= 0.3 is 0 Å². The summed E-state index contributed by atoms with van der Waals surface area (Å²) >= 11 is 0. The predicted molar refractivity (Wildman–Crippen MR) is 58.5 cm³/mol. The van der Waals surface area contributed by atoms with Crippen LogP contribution in [0, 0.1) is 17.6 Å². The van der Waals surface area contributed by atoms with Crippen molar-refractivity contribution < 1.29 is 17.9 Å². The van der Waals surface area contributed by atoms with Crippen molar-refractivity contribution in [3.05, 3.63) is 23.6 Å². The summed E-state index contributed by atoms with van der Waals surface area (Å²) in [6, 6.07) is 0.400. The van der Waals surface area contributed by atoms with E-state index in [2.05, 4.69) is 4.98 Å². The van der Waals surface area contributed by atoms with Crippen LogP contribution in [-0.2, 0) is 4.74 Å². The maximum absolute atomic E-state index is 13.5. The van der Waals surface area contributed by atoms with Crippen LogP contribution in [-0.4, -0.2) is 31.3 Å². The predicted octanol–water partition coefficient (Wildman–Crippen LogP) is 2.36. The smallest absolute Gasteiger partial charge is 0.251 e. The molecule has 1 rings (SSSR count). The van der Waals surface area contributed by atoms with Crippen LogP contribution in [0.25, 0.3) is 0 Å². The van der Waals surface area contributed by atoms with Crippen LogP contribution in [0.15, 0.2) is 6.07 Å². The zero-order valence-corrected chi connectivity index (χ0v) is 10.0. The Bertz CT molecular complexity index is 385. The lowest BCUT2D eigenvalue weighted by atomic mass is 10.3. The van der Waals surface area contributed by atoms with E-state index < -0.39 is 17.6 Å². The standard InChI is InChI=1S/C11H15F3N2O/c1-7(2)16(4-5-17-3)11-9(13)6-8(12)10(14)15-11/h6-7H,4-5H2,1-3H3. The number of methoxy groups -OCH3 is 1. The summed E-state index contributed by atoms with van der Waals surface area (Å²) in [6.45, 7) is 4.30. The van der Waals surface area contributed by atoms with Crippen molar-refractivity contribution in [1.82, 2.24) is 4.98 Å². The zero-order chi connectivity index (χ0) is 13.0. The second-order valence-corrected chi connectivity index (χ2v) is 3.85. The van der Waals surface area contributed by atoms with Gasteiger partial charge in [0.25, 0.3) is 5.95 Å². The van der Waals surface area contributed by atoms with Gasteiger partial charge in [-0.1, -0.05) is 0 Å². The van der Waals surface area contributed by atoms with Crippen LogP contribution in [0.4, 0.5) is 19.0 Å². The lowest BCUT2D eigenvalue weighted by Crippen LogP contribution is -2.35. The molecule has 0 spiro atoms. The lowest BCUT2D eigenvalue weighted by molar-refractivity contribution is 0.203. The lowest BCUT2D eigenvalue weighted by Gasteiger charge is -2.27. The normalized spacial score (nSPS) is 11.0. The van der Waals surface area contributed by atoms with Gasteiger partial charge in [-0.3, -0.25) is 0 Å². The maximum Gasteiger partial charge on any atom is 0.251 e. The summed E-state index contributed by atoms with van der Waals surface area (Å²) in [4.78, 5) is 4.82. The van der Waals surface area contributed by atoms with Crippen LogP contribution in [0.1, 0.15) is 13.8 Å². The van der Waals surface area contributed by atoms with Crippen molar-refractivity contribution in [3.8, 4) is 0 Å². The fourth-order valence-electron chi connectivity index (χ4n) is 1.43. The van der Waals surface area contributed by atoms with Gasteiger partial charge in [-0.25, -0.2) is 8.78 Å². The molecule has 0 aliphatic carbocycles. The molecule has 0 atom stereocenters. The highest BCUT2D eigenvalue weighted by Crippen LogP contribution is 2.20. The van der Waals surface area contributed by atoms with Gasteiger partial charge in [0.05, 0.1) is 6.61 Å². The number of nitrogens with zero attached hydrogens (tertiary/aromatic N) is 2. The van der Waals surface area contributed by atoms with Crippen molar-refractivity contribution in [2.24, 2.45) is 0 Å². The minimum absolute atomic E-state index is 0.1000. The molecule has 0 aliphatic rings. The van der Waals surface area contributed by atoms with E-state index >= 15 is 0 Å². The molecule has 0 saturated carbocycles. The van der Waals surface area contributed by atoms with E-state index in [-0.39, 0.29) is 11.9 Å². The largest absolute Gasteiger partial charge is 0.383 e. The number of hydrogen-bond acceptors (Lipinski definition) is 3. The van der Waals surface area contributed by atoms with Crippen LogP contribution in [0.5, 0.6) is 0 Å². The number of pyridine rings is 1. The average molecular weight is 248 g/mol. The van der Waals surface area contributed by atoms with E-state index in [0.29, 0.717) is 19.2 Å². The molecular weight excluding hydrogens is 233 g/mol.